The van der Waals surface area contributed by atoms with Crippen molar-refractivity contribution in [2.45, 2.75) is 6.23 Å². The van der Waals surface area contributed by atoms with Gasteiger partial charge in [0.05, 0.1) is 17.7 Å². The van der Waals surface area contributed by atoms with Crippen molar-refractivity contribution in [2.24, 2.45) is 4.99 Å². The average molecular weight is 336 g/mol. The number of benzene rings is 2. The summed E-state index contributed by atoms with van der Waals surface area (Å²) < 4.78 is 11.5. The van der Waals surface area contributed by atoms with Gasteiger partial charge in [-0.1, -0.05) is 30.3 Å². The first-order valence-electron chi connectivity index (χ1n) is 7.63. The van der Waals surface area contributed by atoms with Crippen molar-refractivity contribution < 1.29 is 9.47 Å². The Bertz CT molecular complexity index is 850. The van der Waals surface area contributed by atoms with Gasteiger partial charge in [-0.2, -0.15) is 0 Å². The van der Waals surface area contributed by atoms with E-state index < -0.39 is 0 Å². The molecule has 0 aliphatic carbocycles. The minimum absolute atomic E-state index is 0.328. The summed E-state index contributed by atoms with van der Waals surface area (Å²) in [5.74, 6) is 1.58. The Balaban J connectivity index is 1.75. The maximum atomic E-state index is 6.06. The molecule has 1 atom stereocenters. The highest BCUT2D eigenvalue weighted by atomic mass is 32.1. The van der Waals surface area contributed by atoms with Gasteiger partial charge in [-0.3, -0.25) is 0 Å². The molecule has 4 nitrogen and oxygen atoms in total. The van der Waals surface area contributed by atoms with Gasteiger partial charge in [0.15, 0.2) is 0 Å². The predicted molar refractivity (Wildman–Crippen MR) is 98.0 cm³/mol. The summed E-state index contributed by atoms with van der Waals surface area (Å²) in [5.41, 5.74) is 2.60. The molecule has 0 bridgehead atoms. The fourth-order valence-corrected chi connectivity index (χ4v) is 3.36. The fraction of sp³-hybridized carbons (Fsp3) is 0.105. The Morgan fingerprint density at radius 2 is 1.92 bits per heavy atom. The van der Waals surface area contributed by atoms with Crippen LogP contribution in [0.2, 0.25) is 0 Å². The molecule has 0 spiro atoms. The second kappa shape index (κ2) is 6.37. The molecule has 0 saturated heterocycles. The summed E-state index contributed by atoms with van der Waals surface area (Å²) in [7, 11) is 1.65. The summed E-state index contributed by atoms with van der Waals surface area (Å²) in [6.45, 7) is 0. The van der Waals surface area contributed by atoms with E-state index in [4.69, 9.17) is 14.5 Å². The molecular weight excluding hydrogens is 320 g/mol. The molecule has 0 amide bonds. The summed E-state index contributed by atoms with van der Waals surface area (Å²) in [6, 6.07) is 19.7. The number of methoxy groups -OCH3 is 1. The predicted octanol–water partition coefficient (Wildman–Crippen LogP) is 4.71. The van der Waals surface area contributed by atoms with Crippen LogP contribution in [0.25, 0.3) is 0 Å². The molecule has 5 heteroatoms. The number of hydrogen-bond acceptors (Lipinski definition) is 5. The van der Waals surface area contributed by atoms with Crippen molar-refractivity contribution in [1.29, 1.82) is 0 Å². The molecule has 0 saturated carbocycles. The van der Waals surface area contributed by atoms with Crippen LogP contribution in [0.4, 0.5) is 11.4 Å². The van der Waals surface area contributed by atoms with E-state index in [1.165, 1.54) is 0 Å². The van der Waals surface area contributed by atoms with E-state index in [1.807, 2.05) is 66.0 Å². The first-order chi connectivity index (χ1) is 11.8. The topological polar surface area (TPSA) is 42.8 Å². The van der Waals surface area contributed by atoms with Crippen LogP contribution in [0.5, 0.6) is 11.5 Å². The lowest BCUT2D eigenvalue weighted by atomic mass is 10.2. The van der Waals surface area contributed by atoms with Crippen molar-refractivity contribution in [2.75, 3.05) is 12.4 Å². The van der Waals surface area contributed by atoms with Gasteiger partial charge in [0, 0.05) is 0 Å². The van der Waals surface area contributed by atoms with Gasteiger partial charge in [-0.15, -0.1) is 11.3 Å². The first-order valence-corrected chi connectivity index (χ1v) is 8.51. The fourth-order valence-electron chi connectivity index (χ4n) is 2.63. The zero-order chi connectivity index (χ0) is 16.4. The van der Waals surface area contributed by atoms with Crippen LogP contribution < -0.4 is 14.8 Å². The summed E-state index contributed by atoms with van der Waals surface area (Å²) in [6.07, 6.45) is -0.328. The lowest BCUT2D eigenvalue weighted by Crippen LogP contribution is -2.31. The first kappa shape index (κ1) is 14.8. The minimum atomic E-state index is -0.328. The van der Waals surface area contributed by atoms with E-state index in [0.717, 1.165) is 33.5 Å². The zero-order valence-electron chi connectivity index (χ0n) is 13.1. The molecule has 1 aromatic heterocycles. The van der Waals surface area contributed by atoms with Crippen LogP contribution in [0.15, 0.2) is 71.0 Å². The molecule has 1 aliphatic rings. The van der Waals surface area contributed by atoms with Crippen LogP contribution in [-0.2, 0) is 0 Å². The Morgan fingerprint density at radius 1 is 1.08 bits per heavy atom. The number of rotatable bonds is 4. The third-order valence-corrected chi connectivity index (χ3v) is 4.66. The third-order valence-electron chi connectivity index (χ3n) is 3.77. The normalized spacial score (nSPS) is 16.2. The lowest BCUT2D eigenvalue weighted by Gasteiger charge is -2.14. The van der Waals surface area contributed by atoms with Crippen LogP contribution >= 0.6 is 11.3 Å². The summed E-state index contributed by atoms with van der Waals surface area (Å²) in [5, 5.41) is 5.43. The van der Waals surface area contributed by atoms with E-state index in [9.17, 15) is 0 Å². The molecular formula is C19H16N2O2S. The van der Waals surface area contributed by atoms with Crippen LogP contribution in [0, 0.1) is 0 Å². The molecule has 4 rings (SSSR count). The van der Waals surface area contributed by atoms with E-state index >= 15 is 0 Å². The van der Waals surface area contributed by atoms with E-state index in [2.05, 4.69) is 5.32 Å². The number of fused-ring (bicyclic) bond motifs is 1. The number of thiophene rings is 1. The largest absolute Gasteiger partial charge is 0.494 e. The van der Waals surface area contributed by atoms with Crippen molar-refractivity contribution in [3.05, 3.63) is 70.9 Å². The van der Waals surface area contributed by atoms with Crippen LogP contribution in [-0.4, -0.2) is 19.0 Å². The Morgan fingerprint density at radius 3 is 2.71 bits per heavy atom. The van der Waals surface area contributed by atoms with Crippen molar-refractivity contribution >= 4 is 28.4 Å². The SMILES string of the molecule is COc1ccccc1N=C(c1cccs1)C1Nc2ccccc2O1. The lowest BCUT2D eigenvalue weighted by molar-refractivity contribution is 0.320. The van der Waals surface area contributed by atoms with Crippen molar-refractivity contribution in [3.63, 3.8) is 0 Å². The Labute approximate surface area is 144 Å². The number of anilines is 1. The van der Waals surface area contributed by atoms with Gasteiger partial charge >= 0.3 is 0 Å². The van der Waals surface area contributed by atoms with E-state index in [-0.39, 0.29) is 6.23 Å². The minimum Gasteiger partial charge on any atom is -0.494 e. The third kappa shape index (κ3) is 2.74. The standard InChI is InChI=1S/C19H16N2O2S/c1-22-15-9-4-2-7-13(15)20-18(17-11-6-12-24-17)19-21-14-8-3-5-10-16(14)23-19/h2-12,19,21H,1H3. The maximum absolute atomic E-state index is 6.06. The van der Waals surface area contributed by atoms with Crippen molar-refractivity contribution in [1.82, 2.24) is 0 Å². The summed E-state index contributed by atoms with van der Waals surface area (Å²) >= 11 is 1.64. The molecule has 24 heavy (non-hydrogen) atoms. The van der Waals surface area contributed by atoms with Gasteiger partial charge in [-0.25, -0.2) is 4.99 Å². The second-order valence-corrected chi connectivity index (χ2v) is 6.23. The zero-order valence-corrected chi connectivity index (χ0v) is 13.9. The highest BCUT2D eigenvalue weighted by Gasteiger charge is 2.28. The molecule has 3 aromatic rings. The Kier molecular flexibility index (Phi) is 3.92. The van der Waals surface area contributed by atoms with Crippen LogP contribution in [0.1, 0.15) is 4.88 Å². The van der Waals surface area contributed by atoms with Crippen molar-refractivity contribution in [3.8, 4) is 11.5 Å². The van der Waals surface area contributed by atoms with Gasteiger partial charge in [-0.05, 0) is 35.7 Å². The molecule has 1 N–H and O–H groups in total. The summed E-state index contributed by atoms with van der Waals surface area (Å²) in [4.78, 5) is 5.91. The van der Waals surface area contributed by atoms with Crippen LogP contribution in [0.3, 0.4) is 0 Å². The number of aliphatic imine (C=N–C) groups is 1. The van der Waals surface area contributed by atoms with Gasteiger partial charge in [0.1, 0.15) is 22.9 Å². The van der Waals surface area contributed by atoms with E-state index in [1.54, 1.807) is 18.4 Å². The van der Waals surface area contributed by atoms with E-state index in [0.29, 0.717) is 0 Å². The maximum Gasteiger partial charge on any atom is 0.215 e. The molecule has 120 valence electrons. The molecule has 2 aromatic carbocycles. The monoisotopic (exact) mass is 336 g/mol. The average Bonchev–Trinajstić information content (AvgIpc) is 3.29. The number of ether oxygens (including phenoxy) is 2. The Hall–Kier alpha value is -2.79. The molecule has 0 fully saturated rings. The highest BCUT2D eigenvalue weighted by molar-refractivity contribution is 7.12. The highest BCUT2D eigenvalue weighted by Crippen LogP contribution is 2.34. The molecule has 1 unspecified atom stereocenters. The smallest absolute Gasteiger partial charge is 0.215 e. The van der Waals surface area contributed by atoms with Gasteiger partial charge < -0.3 is 14.8 Å². The number of nitrogens with one attached hydrogen (secondary N) is 1. The van der Waals surface area contributed by atoms with Gasteiger partial charge in [0.2, 0.25) is 6.23 Å². The van der Waals surface area contributed by atoms with Gasteiger partial charge in [0.25, 0.3) is 0 Å². The molecule has 2 heterocycles. The molecule has 0 radical (unpaired) electrons. The quantitative estimate of drug-likeness (QED) is 0.702. The number of nitrogens with zero attached hydrogens (tertiary/aromatic N) is 1. The number of hydrogen-bond donors (Lipinski definition) is 1. The molecule has 1 aliphatic heterocycles. The number of para-hydroxylation sites is 4. The second-order valence-electron chi connectivity index (χ2n) is 5.28.